The minimum atomic E-state index is -0.111. The van der Waals surface area contributed by atoms with Gasteiger partial charge in [-0.1, -0.05) is 25.3 Å². The Morgan fingerprint density at radius 3 is 2.78 bits per heavy atom. The molecule has 0 fully saturated rings. The predicted octanol–water partition coefficient (Wildman–Crippen LogP) is 2.21. The minimum Gasteiger partial charge on any atom is -0.457 e. The molecule has 0 radical (unpaired) electrons. The fourth-order valence-electron chi connectivity index (χ4n) is 2.40. The lowest BCUT2D eigenvalue weighted by Gasteiger charge is -2.09. The Morgan fingerprint density at radius 1 is 1.17 bits per heavy atom. The largest absolute Gasteiger partial charge is 0.457 e. The second kappa shape index (κ2) is 5.93. The maximum absolute atomic E-state index is 11.9. The molecule has 0 aliphatic heterocycles. The zero-order valence-corrected chi connectivity index (χ0v) is 12.8. The average Bonchev–Trinajstić information content (AvgIpc) is 2.57. The van der Waals surface area contributed by atoms with E-state index in [1.54, 1.807) is 25.4 Å². The van der Waals surface area contributed by atoms with E-state index in [-0.39, 0.29) is 5.91 Å². The smallest absolute Gasteiger partial charge is 0.251 e. The van der Waals surface area contributed by atoms with Gasteiger partial charge in [-0.2, -0.15) is 0 Å². The van der Waals surface area contributed by atoms with Gasteiger partial charge in [0.25, 0.3) is 5.91 Å². The molecule has 0 saturated heterocycles. The van der Waals surface area contributed by atoms with Crippen molar-refractivity contribution in [2.45, 2.75) is 0 Å². The van der Waals surface area contributed by atoms with Gasteiger partial charge >= 0.3 is 0 Å². The summed E-state index contributed by atoms with van der Waals surface area (Å²) in [7, 11) is 1.62. The quantitative estimate of drug-likeness (QED) is 0.807. The molecule has 0 bridgehead atoms. The molecule has 1 heterocycles. The van der Waals surface area contributed by atoms with Gasteiger partial charge in [0, 0.05) is 24.0 Å². The Kier molecular flexibility index (Phi) is 3.81. The normalized spacial score (nSPS) is 10.5. The highest BCUT2D eigenvalue weighted by Gasteiger charge is 2.09. The Labute approximate surface area is 133 Å². The van der Waals surface area contributed by atoms with Crippen LogP contribution in [0.1, 0.15) is 10.4 Å². The first-order valence-electron chi connectivity index (χ1n) is 7.16. The predicted molar refractivity (Wildman–Crippen MR) is 91.9 cm³/mol. The van der Waals surface area contributed by atoms with E-state index in [1.807, 2.05) is 30.3 Å². The summed E-state index contributed by atoms with van der Waals surface area (Å²) >= 11 is 0. The van der Waals surface area contributed by atoms with E-state index in [0.29, 0.717) is 27.6 Å². The fourth-order valence-corrected chi connectivity index (χ4v) is 2.40. The molecule has 0 aliphatic carbocycles. The number of carbonyl (C=O) groups excluding carboxylic acids is 1. The Morgan fingerprint density at radius 2 is 2.00 bits per heavy atom. The second-order valence-electron chi connectivity index (χ2n) is 5.10. The third-order valence-corrected chi connectivity index (χ3v) is 3.65. The first-order chi connectivity index (χ1) is 11.1. The number of hydrogen-bond acceptors (Lipinski definition) is 3. The van der Waals surface area contributed by atoms with Crippen LogP contribution in [0.5, 0.6) is 11.5 Å². The van der Waals surface area contributed by atoms with Crippen LogP contribution in [0, 0.1) is 0 Å². The van der Waals surface area contributed by atoms with Gasteiger partial charge in [-0.3, -0.25) is 9.78 Å². The molecule has 4 heteroatoms. The summed E-state index contributed by atoms with van der Waals surface area (Å²) in [5.74, 6) is 1.18. The lowest BCUT2D eigenvalue weighted by atomic mass is 10.0. The van der Waals surface area contributed by atoms with Crippen molar-refractivity contribution in [2.75, 3.05) is 7.05 Å². The minimum absolute atomic E-state index is 0.111. The van der Waals surface area contributed by atoms with Crippen LogP contribution in [-0.2, 0) is 0 Å². The molecule has 0 aliphatic rings. The summed E-state index contributed by atoms with van der Waals surface area (Å²) in [6.45, 7) is 7.74. The molecule has 1 amide bonds. The summed E-state index contributed by atoms with van der Waals surface area (Å²) in [4.78, 5) is 16.0. The van der Waals surface area contributed by atoms with Crippen LogP contribution >= 0.6 is 0 Å². The van der Waals surface area contributed by atoms with Crippen molar-refractivity contribution in [3.8, 4) is 11.5 Å². The van der Waals surface area contributed by atoms with E-state index in [1.165, 1.54) is 0 Å². The van der Waals surface area contributed by atoms with Crippen molar-refractivity contribution in [3.63, 3.8) is 0 Å². The molecule has 0 unspecified atom stereocenters. The number of pyridine rings is 1. The van der Waals surface area contributed by atoms with Crippen LogP contribution in [-0.4, -0.2) is 17.9 Å². The van der Waals surface area contributed by atoms with E-state index in [4.69, 9.17) is 4.74 Å². The first kappa shape index (κ1) is 14.8. The topological polar surface area (TPSA) is 51.2 Å². The highest BCUT2D eigenvalue weighted by Crippen LogP contribution is 2.26. The molecule has 0 spiro atoms. The van der Waals surface area contributed by atoms with Gasteiger partial charge in [0.05, 0.1) is 5.35 Å². The summed E-state index contributed by atoms with van der Waals surface area (Å²) < 4.78 is 5.88. The lowest BCUT2D eigenvalue weighted by Crippen LogP contribution is -2.25. The molecule has 1 aromatic heterocycles. The molecular weight excluding hydrogens is 288 g/mol. The van der Waals surface area contributed by atoms with E-state index in [0.717, 1.165) is 10.8 Å². The molecule has 114 valence electrons. The lowest BCUT2D eigenvalue weighted by molar-refractivity contribution is 0.0964. The number of hydrogen-bond donors (Lipinski definition) is 1. The number of nitrogens with one attached hydrogen (secondary N) is 1. The number of fused-ring (bicyclic) bond motifs is 1. The van der Waals surface area contributed by atoms with Crippen molar-refractivity contribution in [1.82, 2.24) is 10.3 Å². The number of carbonyl (C=O) groups is 1. The zero-order chi connectivity index (χ0) is 16.4. The number of rotatable bonds is 3. The third kappa shape index (κ3) is 2.79. The van der Waals surface area contributed by atoms with Crippen molar-refractivity contribution in [1.29, 1.82) is 0 Å². The van der Waals surface area contributed by atoms with Gasteiger partial charge in [-0.05, 0) is 41.1 Å². The molecule has 3 aromatic rings. The number of benzene rings is 2. The maximum atomic E-state index is 11.9. The Hall–Kier alpha value is -3.14. The van der Waals surface area contributed by atoms with E-state index in [9.17, 15) is 4.79 Å². The van der Waals surface area contributed by atoms with Crippen LogP contribution in [0.3, 0.4) is 0 Å². The molecular formula is C19H16N2O2. The van der Waals surface area contributed by atoms with Gasteiger partial charge in [-0.25, -0.2) is 0 Å². The van der Waals surface area contributed by atoms with Crippen molar-refractivity contribution in [2.24, 2.45) is 0 Å². The van der Waals surface area contributed by atoms with Crippen molar-refractivity contribution in [3.05, 3.63) is 64.8 Å². The molecule has 3 rings (SSSR count). The van der Waals surface area contributed by atoms with E-state index in [2.05, 4.69) is 23.5 Å². The van der Waals surface area contributed by atoms with Gasteiger partial charge in [0.2, 0.25) is 0 Å². The standard InChI is InChI=1S/C19H16N2O2/c1-12-13(2)21-10-9-18(12)23-15-7-8-16-14(11-15)5-4-6-17(16)19(22)20-3/h4-11H,1-2H2,3H3,(H,20,22). The van der Waals surface area contributed by atoms with Crippen molar-refractivity contribution >= 4 is 29.8 Å². The van der Waals surface area contributed by atoms with Crippen molar-refractivity contribution < 1.29 is 9.53 Å². The third-order valence-electron chi connectivity index (χ3n) is 3.65. The average molecular weight is 304 g/mol. The zero-order valence-electron chi connectivity index (χ0n) is 12.8. The highest BCUT2D eigenvalue weighted by molar-refractivity contribution is 6.07. The molecule has 0 saturated carbocycles. The Bertz CT molecular complexity index is 996. The number of ether oxygens (including phenoxy) is 1. The van der Waals surface area contributed by atoms with Crippen LogP contribution in [0.25, 0.3) is 23.9 Å². The van der Waals surface area contributed by atoms with Gasteiger partial charge in [0.15, 0.2) is 0 Å². The summed E-state index contributed by atoms with van der Waals surface area (Å²) in [5.41, 5.74) is 0.637. The molecule has 2 aromatic carbocycles. The Balaban J connectivity index is 2.04. The van der Waals surface area contributed by atoms with Crippen LogP contribution < -0.4 is 20.6 Å². The summed E-state index contributed by atoms with van der Waals surface area (Å²) in [6, 6.07) is 12.9. The second-order valence-corrected chi connectivity index (χ2v) is 5.10. The monoisotopic (exact) mass is 304 g/mol. The van der Waals surface area contributed by atoms with Crippen LogP contribution in [0.2, 0.25) is 0 Å². The molecule has 4 nitrogen and oxygen atoms in total. The number of amides is 1. The summed E-state index contributed by atoms with van der Waals surface area (Å²) in [6.07, 6.45) is 1.64. The molecule has 1 N–H and O–H groups in total. The highest BCUT2D eigenvalue weighted by atomic mass is 16.5. The SMILES string of the molecule is C=c1nccc(Oc2ccc3c(C(=O)NC)cccc3c2)c1=C. The van der Waals surface area contributed by atoms with Gasteiger partial charge < -0.3 is 10.1 Å². The van der Waals surface area contributed by atoms with Crippen LogP contribution in [0.4, 0.5) is 0 Å². The molecule has 23 heavy (non-hydrogen) atoms. The van der Waals surface area contributed by atoms with Crippen LogP contribution in [0.15, 0.2) is 48.7 Å². The van der Waals surface area contributed by atoms with Gasteiger partial charge in [0.1, 0.15) is 11.5 Å². The fraction of sp³-hybridized carbons (Fsp3) is 0.0526. The summed E-state index contributed by atoms with van der Waals surface area (Å²) in [5, 5.41) is 5.70. The van der Waals surface area contributed by atoms with Gasteiger partial charge in [-0.15, -0.1) is 0 Å². The first-order valence-corrected chi connectivity index (χ1v) is 7.16. The maximum Gasteiger partial charge on any atom is 0.251 e. The number of nitrogens with zero attached hydrogens (tertiary/aromatic N) is 1. The van der Waals surface area contributed by atoms with E-state index < -0.39 is 0 Å². The van der Waals surface area contributed by atoms with E-state index >= 15 is 0 Å². The number of aromatic nitrogens is 1. The molecule has 0 atom stereocenters.